The van der Waals surface area contributed by atoms with Crippen LogP contribution in [0.2, 0.25) is 0 Å². The molecule has 1 amide bonds. The minimum Gasteiger partial charge on any atom is -0.494 e. The lowest BCUT2D eigenvalue weighted by molar-refractivity contribution is -0.125. The van der Waals surface area contributed by atoms with Crippen LogP contribution in [0.3, 0.4) is 0 Å². The molecule has 1 aliphatic heterocycles. The number of halogens is 1. The molecule has 5 nitrogen and oxygen atoms in total. The summed E-state index contributed by atoms with van der Waals surface area (Å²) in [5.41, 5.74) is 7.18. The summed E-state index contributed by atoms with van der Waals surface area (Å²) >= 11 is 0. The molecular weight excluding hydrogens is 328 g/mol. The van der Waals surface area contributed by atoms with Gasteiger partial charge in [0, 0.05) is 12.2 Å². The minimum absolute atomic E-state index is 0. The van der Waals surface area contributed by atoms with Gasteiger partial charge in [-0.2, -0.15) is 0 Å². The first kappa shape index (κ1) is 17.9. The van der Waals surface area contributed by atoms with E-state index < -0.39 is 6.10 Å². The fraction of sp³-hybridized carbons (Fsp3) is 0.278. The van der Waals surface area contributed by atoms with Gasteiger partial charge in [-0.05, 0) is 43.7 Å². The molecule has 0 fully saturated rings. The Bertz CT molecular complexity index is 694. The maximum Gasteiger partial charge on any atom is 0.267 e. The average molecular weight is 349 g/mol. The fourth-order valence-corrected chi connectivity index (χ4v) is 2.58. The Morgan fingerprint density at radius 1 is 1.21 bits per heavy atom. The number of nitrogens with two attached hydrogens (primary N) is 1. The number of rotatable bonds is 5. The summed E-state index contributed by atoms with van der Waals surface area (Å²) < 4.78 is 11.3. The number of fused-ring (bicyclic) bond motifs is 1. The van der Waals surface area contributed by atoms with Gasteiger partial charge in [0.25, 0.3) is 5.91 Å². The molecule has 1 atom stereocenters. The molecule has 0 aliphatic carbocycles. The third-order valence-corrected chi connectivity index (χ3v) is 3.73. The van der Waals surface area contributed by atoms with Crippen LogP contribution in [0.5, 0.6) is 11.5 Å². The molecule has 128 valence electrons. The van der Waals surface area contributed by atoms with E-state index in [2.05, 4.69) is 0 Å². The first-order chi connectivity index (χ1) is 11.1. The van der Waals surface area contributed by atoms with Crippen LogP contribution in [-0.4, -0.2) is 25.2 Å². The van der Waals surface area contributed by atoms with Crippen molar-refractivity contribution in [2.24, 2.45) is 0 Å². The largest absolute Gasteiger partial charge is 0.494 e. The van der Waals surface area contributed by atoms with E-state index in [4.69, 9.17) is 15.2 Å². The molecule has 1 aliphatic rings. The van der Waals surface area contributed by atoms with Gasteiger partial charge in [-0.25, -0.2) is 0 Å². The highest BCUT2D eigenvalue weighted by Gasteiger charge is 2.31. The molecule has 2 N–H and O–H groups in total. The number of para-hydroxylation sites is 1. The van der Waals surface area contributed by atoms with Gasteiger partial charge in [-0.1, -0.05) is 18.2 Å². The Kier molecular flexibility index (Phi) is 5.93. The summed E-state index contributed by atoms with van der Waals surface area (Å²) in [6.07, 6.45) is 0.239. The van der Waals surface area contributed by atoms with Gasteiger partial charge in [0.2, 0.25) is 0 Å². The lowest BCUT2D eigenvalue weighted by Gasteiger charge is -2.33. The van der Waals surface area contributed by atoms with E-state index in [9.17, 15) is 4.79 Å². The van der Waals surface area contributed by atoms with E-state index in [0.29, 0.717) is 24.6 Å². The lowest BCUT2D eigenvalue weighted by atomic mass is 10.1. The molecule has 0 radical (unpaired) electrons. The molecule has 0 spiro atoms. The second-order valence-corrected chi connectivity index (χ2v) is 5.49. The molecule has 0 saturated carbocycles. The highest BCUT2D eigenvalue weighted by Crippen LogP contribution is 2.35. The Morgan fingerprint density at radius 2 is 1.96 bits per heavy atom. The van der Waals surface area contributed by atoms with Gasteiger partial charge < -0.3 is 20.1 Å². The Balaban J connectivity index is 0.00000208. The smallest absolute Gasteiger partial charge is 0.267 e. The van der Waals surface area contributed by atoms with E-state index in [-0.39, 0.29) is 18.3 Å². The third-order valence-electron chi connectivity index (χ3n) is 3.73. The van der Waals surface area contributed by atoms with Crippen LogP contribution in [0.4, 0.5) is 11.4 Å². The van der Waals surface area contributed by atoms with Crippen molar-refractivity contribution in [2.45, 2.75) is 19.4 Å². The van der Waals surface area contributed by atoms with Crippen molar-refractivity contribution in [1.82, 2.24) is 0 Å². The second-order valence-electron chi connectivity index (χ2n) is 5.49. The minimum atomic E-state index is -0.485. The van der Waals surface area contributed by atoms with Gasteiger partial charge in [0.05, 0.1) is 12.3 Å². The zero-order valence-corrected chi connectivity index (χ0v) is 14.3. The quantitative estimate of drug-likeness (QED) is 0.665. The first-order valence-electron chi connectivity index (χ1n) is 7.70. The average Bonchev–Trinajstić information content (AvgIpc) is 2.56. The van der Waals surface area contributed by atoms with Crippen LogP contribution >= 0.6 is 12.4 Å². The van der Waals surface area contributed by atoms with Gasteiger partial charge in [-0.3, -0.25) is 4.79 Å². The number of anilines is 2. The SMILES string of the molecule is CC1Oc2ccc(N)cc2N(CCCOc2ccccc2)C1=O.Cl. The number of amides is 1. The van der Waals surface area contributed by atoms with Crippen molar-refractivity contribution >= 4 is 29.7 Å². The monoisotopic (exact) mass is 348 g/mol. The van der Waals surface area contributed by atoms with E-state index in [1.807, 2.05) is 30.3 Å². The summed E-state index contributed by atoms with van der Waals surface area (Å²) in [5.74, 6) is 1.47. The van der Waals surface area contributed by atoms with Crippen molar-refractivity contribution in [3.63, 3.8) is 0 Å². The molecule has 0 bridgehead atoms. The summed E-state index contributed by atoms with van der Waals surface area (Å²) in [4.78, 5) is 14.1. The molecule has 1 unspecified atom stereocenters. The highest BCUT2D eigenvalue weighted by molar-refractivity contribution is 6.00. The van der Waals surface area contributed by atoms with Crippen molar-refractivity contribution in [2.75, 3.05) is 23.8 Å². The van der Waals surface area contributed by atoms with Gasteiger partial charge >= 0.3 is 0 Å². The van der Waals surface area contributed by atoms with Crippen molar-refractivity contribution in [3.05, 3.63) is 48.5 Å². The third kappa shape index (κ3) is 3.92. The maximum absolute atomic E-state index is 12.4. The zero-order chi connectivity index (χ0) is 16.2. The predicted octanol–water partition coefficient (Wildman–Crippen LogP) is 3.27. The number of ether oxygens (including phenoxy) is 2. The first-order valence-corrected chi connectivity index (χ1v) is 7.70. The normalized spacial score (nSPS) is 16.0. The summed E-state index contributed by atoms with van der Waals surface area (Å²) in [6.45, 7) is 2.87. The molecule has 0 saturated heterocycles. The van der Waals surface area contributed by atoms with Crippen molar-refractivity contribution < 1.29 is 14.3 Å². The second kappa shape index (κ2) is 7.93. The predicted molar refractivity (Wildman–Crippen MR) is 97.1 cm³/mol. The standard InChI is InChI=1S/C18H20N2O3.ClH/c1-13-18(21)20(16-12-14(19)8-9-17(16)23-13)10-5-11-22-15-6-3-2-4-7-15;/h2-4,6-9,12-13H,5,10-11,19H2,1H3;1H. The van der Waals surface area contributed by atoms with E-state index in [0.717, 1.165) is 17.9 Å². The van der Waals surface area contributed by atoms with E-state index in [1.54, 1.807) is 30.0 Å². The number of carbonyl (C=O) groups excluding carboxylic acids is 1. The zero-order valence-electron chi connectivity index (χ0n) is 13.5. The highest BCUT2D eigenvalue weighted by atomic mass is 35.5. The Labute approximate surface area is 147 Å². The van der Waals surface area contributed by atoms with Crippen LogP contribution in [0.1, 0.15) is 13.3 Å². The Hall–Kier alpha value is -2.40. The topological polar surface area (TPSA) is 64.8 Å². The molecule has 1 heterocycles. The van der Waals surface area contributed by atoms with Crippen LogP contribution in [-0.2, 0) is 4.79 Å². The number of carbonyl (C=O) groups is 1. The van der Waals surface area contributed by atoms with E-state index in [1.165, 1.54) is 0 Å². The van der Waals surface area contributed by atoms with Crippen molar-refractivity contribution in [1.29, 1.82) is 0 Å². The molecular formula is C18H21ClN2O3. The van der Waals surface area contributed by atoms with Crippen LogP contribution in [0.15, 0.2) is 48.5 Å². The van der Waals surface area contributed by atoms with Gasteiger partial charge in [0.15, 0.2) is 6.10 Å². The molecule has 24 heavy (non-hydrogen) atoms. The Morgan fingerprint density at radius 3 is 2.71 bits per heavy atom. The molecule has 6 heteroatoms. The number of hydrogen-bond donors (Lipinski definition) is 1. The number of benzene rings is 2. The molecule has 3 rings (SSSR count). The lowest BCUT2D eigenvalue weighted by Crippen LogP contribution is -2.45. The number of nitrogens with zero attached hydrogens (tertiary/aromatic N) is 1. The summed E-state index contributed by atoms with van der Waals surface area (Å²) in [5, 5.41) is 0. The fourth-order valence-electron chi connectivity index (χ4n) is 2.58. The van der Waals surface area contributed by atoms with Crippen molar-refractivity contribution in [3.8, 4) is 11.5 Å². The van der Waals surface area contributed by atoms with Gasteiger partial charge in [0.1, 0.15) is 11.5 Å². The summed E-state index contributed by atoms with van der Waals surface area (Å²) in [7, 11) is 0. The number of nitrogen functional groups attached to an aromatic ring is 1. The van der Waals surface area contributed by atoms with Crippen LogP contribution < -0.4 is 20.1 Å². The summed E-state index contributed by atoms with van der Waals surface area (Å²) in [6, 6.07) is 15.0. The molecule has 2 aromatic rings. The number of hydrogen-bond acceptors (Lipinski definition) is 4. The van der Waals surface area contributed by atoms with Crippen LogP contribution in [0, 0.1) is 0 Å². The van der Waals surface area contributed by atoms with Gasteiger partial charge in [-0.15, -0.1) is 12.4 Å². The van der Waals surface area contributed by atoms with E-state index >= 15 is 0 Å². The maximum atomic E-state index is 12.4. The molecule has 0 aromatic heterocycles. The van der Waals surface area contributed by atoms with Crippen LogP contribution in [0.25, 0.3) is 0 Å². The molecule has 2 aromatic carbocycles.